The van der Waals surface area contributed by atoms with Crippen LogP contribution in [-0.4, -0.2) is 30.0 Å². The van der Waals surface area contributed by atoms with Crippen molar-refractivity contribution >= 4 is 17.5 Å². The first-order chi connectivity index (χ1) is 12.6. The Hall–Kier alpha value is -3.48. The highest BCUT2D eigenvalue weighted by molar-refractivity contribution is 6.00. The lowest BCUT2D eigenvalue weighted by molar-refractivity contribution is 0.262. The molecule has 0 radical (unpaired) electrons. The van der Waals surface area contributed by atoms with Crippen LogP contribution in [-0.2, 0) is 7.05 Å². The molecule has 134 valence electrons. The van der Waals surface area contributed by atoms with E-state index in [0.29, 0.717) is 23.0 Å². The Labute approximate surface area is 151 Å². The fourth-order valence-corrected chi connectivity index (χ4v) is 2.59. The first-order valence-electron chi connectivity index (χ1n) is 8.00. The average molecular weight is 352 g/mol. The number of benzene rings is 2. The second-order valence-corrected chi connectivity index (χ2v) is 5.55. The zero-order chi connectivity index (χ0) is 18.5. The van der Waals surface area contributed by atoms with Crippen molar-refractivity contribution in [3.63, 3.8) is 0 Å². The summed E-state index contributed by atoms with van der Waals surface area (Å²) in [5, 5.41) is 9.81. The maximum atomic E-state index is 12.3. The van der Waals surface area contributed by atoms with Gasteiger partial charge in [0.15, 0.2) is 5.82 Å². The molecule has 1 aromatic heterocycles. The number of ether oxygens (including phenoxy) is 2. The van der Waals surface area contributed by atoms with Crippen molar-refractivity contribution in [1.82, 2.24) is 9.78 Å². The van der Waals surface area contributed by atoms with Crippen LogP contribution in [0.5, 0.6) is 11.5 Å². The zero-order valence-electron chi connectivity index (χ0n) is 14.8. The minimum absolute atomic E-state index is 0.422. The van der Waals surface area contributed by atoms with Crippen molar-refractivity contribution in [2.45, 2.75) is 0 Å². The SMILES string of the molecule is COc1ccc(OC)c(NC(=O)Nc2cc(-c3ccccc3)n(C)n2)c1. The van der Waals surface area contributed by atoms with E-state index in [4.69, 9.17) is 9.47 Å². The molecule has 1 heterocycles. The number of nitrogens with one attached hydrogen (secondary N) is 2. The van der Waals surface area contributed by atoms with E-state index in [1.807, 2.05) is 43.4 Å². The van der Waals surface area contributed by atoms with E-state index >= 15 is 0 Å². The summed E-state index contributed by atoms with van der Waals surface area (Å²) >= 11 is 0. The monoisotopic (exact) mass is 352 g/mol. The van der Waals surface area contributed by atoms with Gasteiger partial charge in [-0.2, -0.15) is 5.10 Å². The third kappa shape index (κ3) is 3.77. The van der Waals surface area contributed by atoms with Crippen LogP contribution in [0.15, 0.2) is 54.6 Å². The third-order valence-corrected chi connectivity index (χ3v) is 3.85. The van der Waals surface area contributed by atoms with Gasteiger partial charge in [0.25, 0.3) is 0 Å². The molecule has 2 N–H and O–H groups in total. The van der Waals surface area contributed by atoms with Crippen molar-refractivity contribution in [3.8, 4) is 22.8 Å². The molecule has 0 aliphatic carbocycles. The summed E-state index contributed by atoms with van der Waals surface area (Å²) in [5.74, 6) is 1.60. The number of nitrogens with zero attached hydrogens (tertiary/aromatic N) is 2. The normalized spacial score (nSPS) is 10.3. The van der Waals surface area contributed by atoms with Crippen molar-refractivity contribution in [2.75, 3.05) is 24.9 Å². The molecule has 3 rings (SSSR count). The number of carbonyl (C=O) groups is 1. The van der Waals surface area contributed by atoms with Crippen LogP contribution in [0.3, 0.4) is 0 Å². The lowest BCUT2D eigenvalue weighted by Crippen LogP contribution is -2.20. The maximum absolute atomic E-state index is 12.3. The predicted molar refractivity (Wildman–Crippen MR) is 101 cm³/mol. The Balaban J connectivity index is 1.75. The molecule has 0 aliphatic rings. The number of anilines is 2. The standard InChI is InChI=1S/C19H20N4O3/c1-23-16(13-7-5-4-6-8-13)12-18(22-23)21-19(24)20-15-11-14(25-2)9-10-17(15)26-3/h4-12H,1-3H3,(H2,20,21,22,24). The molecule has 0 saturated carbocycles. The molecule has 0 aliphatic heterocycles. The lowest BCUT2D eigenvalue weighted by atomic mass is 10.1. The number of carbonyl (C=O) groups excluding carboxylic acids is 1. The van der Waals surface area contributed by atoms with Gasteiger partial charge >= 0.3 is 6.03 Å². The molecule has 2 amide bonds. The van der Waals surface area contributed by atoms with Gasteiger partial charge in [-0.15, -0.1) is 0 Å². The average Bonchev–Trinajstić information content (AvgIpc) is 3.02. The van der Waals surface area contributed by atoms with Gasteiger partial charge in [-0.3, -0.25) is 10.00 Å². The predicted octanol–water partition coefficient (Wildman–Crippen LogP) is 3.75. The number of aromatic nitrogens is 2. The largest absolute Gasteiger partial charge is 0.497 e. The Kier molecular flexibility index (Phi) is 5.07. The number of urea groups is 1. The summed E-state index contributed by atoms with van der Waals surface area (Å²) in [4.78, 5) is 12.3. The molecule has 2 aromatic carbocycles. The van der Waals surface area contributed by atoms with Crippen LogP contribution in [0, 0.1) is 0 Å². The van der Waals surface area contributed by atoms with Crippen LogP contribution in [0.25, 0.3) is 11.3 Å². The summed E-state index contributed by atoms with van der Waals surface area (Å²) in [7, 11) is 4.93. The summed E-state index contributed by atoms with van der Waals surface area (Å²) in [6, 6.07) is 16.4. The van der Waals surface area contributed by atoms with Crippen molar-refractivity contribution < 1.29 is 14.3 Å². The van der Waals surface area contributed by atoms with Crippen molar-refractivity contribution in [2.24, 2.45) is 7.05 Å². The van der Waals surface area contributed by atoms with E-state index in [1.165, 1.54) is 7.11 Å². The Morgan fingerprint density at radius 1 is 1.00 bits per heavy atom. The number of methoxy groups -OCH3 is 2. The number of rotatable bonds is 5. The van der Waals surface area contributed by atoms with Crippen molar-refractivity contribution in [3.05, 3.63) is 54.6 Å². The van der Waals surface area contributed by atoms with E-state index < -0.39 is 6.03 Å². The van der Waals surface area contributed by atoms with Gasteiger partial charge in [-0.25, -0.2) is 4.79 Å². The molecule has 0 fully saturated rings. The van der Waals surface area contributed by atoms with Crippen LogP contribution < -0.4 is 20.1 Å². The molecule has 26 heavy (non-hydrogen) atoms. The van der Waals surface area contributed by atoms with Gasteiger partial charge in [-0.05, 0) is 17.7 Å². The van der Waals surface area contributed by atoms with E-state index in [2.05, 4.69) is 15.7 Å². The minimum Gasteiger partial charge on any atom is -0.497 e. The van der Waals surface area contributed by atoms with Gasteiger partial charge in [0.2, 0.25) is 0 Å². The van der Waals surface area contributed by atoms with Gasteiger partial charge in [-0.1, -0.05) is 30.3 Å². The summed E-state index contributed by atoms with van der Waals surface area (Å²) < 4.78 is 12.2. The quantitative estimate of drug-likeness (QED) is 0.733. The second kappa shape index (κ2) is 7.60. The summed E-state index contributed by atoms with van der Waals surface area (Å²) in [6.45, 7) is 0. The van der Waals surface area contributed by atoms with Crippen LogP contribution in [0.4, 0.5) is 16.3 Å². The number of amides is 2. The first-order valence-corrected chi connectivity index (χ1v) is 8.00. The molecule has 3 aromatic rings. The Morgan fingerprint density at radius 2 is 1.77 bits per heavy atom. The fourth-order valence-electron chi connectivity index (χ4n) is 2.59. The Morgan fingerprint density at radius 3 is 2.46 bits per heavy atom. The van der Waals surface area contributed by atoms with E-state index in [-0.39, 0.29) is 0 Å². The third-order valence-electron chi connectivity index (χ3n) is 3.85. The fraction of sp³-hybridized carbons (Fsp3) is 0.158. The molecule has 7 nitrogen and oxygen atoms in total. The van der Waals surface area contributed by atoms with E-state index in [9.17, 15) is 4.79 Å². The van der Waals surface area contributed by atoms with Gasteiger partial charge in [0, 0.05) is 19.2 Å². The highest BCUT2D eigenvalue weighted by Gasteiger charge is 2.12. The van der Waals surface area contributed by atoms with E-state index in [1.54, 1.807) is 30.0 Å². The number of aryl methyl sites for hydroxylation is 1. The number of hydrogen-bond acceptors (Lipinski definition) is 4. The molecule has 7 heteroatoms. The smallest absolute Gasteiger partial charge is 0.325 e. The minimum atomic E-state index is -0.422. The second-order valence-electron chi connectivity index (χ2n) is 5.55. The Bertz CT molecular complexity index is 906. The van der Waals surface area contributed by atoms with Crippen LogP contribution >= 0.6 is 0 Å². The highest BCUT2D eigenvalue weighted by Crippen LogP contribution is 2.29. The van der Waals surface area contributed by atoms with Crippen molar-refractivity contribution in [1.29, 1.82) is 0 Å². The molecule has 0 unspecified atom stereocenters. The molecule has 0 spiro atoms. The van der Waals surface area contributed by atoms with Gasteiger partial charge < -0.3 is 14.8 Å². The zero-order valence-corrected chi connectivity index (χ0v) is 14.8. The first kappa shape index (κ1) is 17.3. The molecule has 0 atom stereocenters. The number of hydrogen-bond donors (Lipinski definition) is 2. The van der Waals surface area contributed by atoms with Gasteiger partial charge in [0.05, 0.1) is 25.6 Å². The molecule has 0 saturated heterocycles. The van der Waals surface area contributed by atoms with Gasteiger partial charge in [0.1, 0.15) is 11.5 Å². The molecule has 0 bridgehead atoms. The summed E-state index contributed by atoms with van der Waals surface area (Å²) in [5.41, 5.74) is 2.42. The summed E-state index contributed by atoms with van der Waals surface area (Å²) in [6.07, 6.45) is 0. The van der Waals surface area contributed by atoms with Crippen LogP contribution in [0.2, 0.25) is 0 Å². The molecular formula is C19H20N4O3. The van der Waals surface area contributed by atoms with Crippen LogP contribution in [0.1, 0.15) is 0 Å². The topological polar surface area (TPSA) is 77.4 Å². The lowest BCUT2D eigenvalue weighted by Gasteiger charge is -2.11. The maximum Gasteiger partial charge on any atom is 0.325 e. The van der Waals surface area contributed by atoms with E-state index in [0.717, 1.165) is 11.3 Å². The highest BCUT2D eigenvalue weighted by atomic mass is 16.5. The molecular weight excluding hydrogens is 332 g/mol.